The Morgan fingerprint density at radius 2 is 1.93 bits per heavy atom. The van der Waals surface area contributed by atoms with E-state index in [4.69, 9.17) is 5.73 Å². The van der Waals surface area contributed by atoms with Gasteiger partial charge in [-0.2, -0.15) is 0 Å². The minimum atomic E-state index is -0.675. The number of fused-ring (bicyclic) bond motifs is 1. The summed E-state index contributed by atoms with van der Waals surface area (Å²) in [5.41, 5.74) is 8.90. The van der Waals surface area contributed by atoms with E-state index in [1.54, 1.807) is 24.3 Å². The normalized spacial score (nSPS) is 17.8. The fourth-order valence-electron chi connectivity index (χ4n) is 3.69. The van der Waals surface area contributed by atoms with Gasteiger partial charge in [0.15, 0.2) is 0 Å². The molecule has 0 spiro atoms. The number of hydrogen-bond donors (Lipinski definition) is 3. The summed E-state index contributed by atoms with van der Waals surface area (Å²) < 4.78 is 0. The van der Waals surface area contributed by atoms with E-state index in [1.807, 2.05) is 18.2 Å². The predicted octanol–water partition coefficient (Wildman–Crippen LogP) is 1.38. The van der Waals surface area contributed by atoms with Crippen LogP contribution in [0, 0.1) is 0 Å². The summed E-state index contributed by atoms with van der Waals surface area (Å²) in [6.45, 7) is 0.525. The number of imide groups is 1. The highest BCUT2D eigenvalue weighted by Gasteiger charge is 2.39. The van der Waals surface area contributed by atoms with E-state index in [1.165, 1.54) is 4.90 Å². The molecule has 2 aliphatic heterocycles. The molecule has 1 saturated heterocycles. The van der Waals surface area contributed by atoms with Gasteiger partial charge in [-0.1, -0.05) is 18.2 Å². The first-order valence-electron chi connectivity index (χ1n) is 9.33. The van der Waals surface area contributed by atoms with E-state index in [-0.39, 0.29) is 43.1 Å². The fraction of sp³-hybridized carbons (Fsp3) is 0.238. The number of anilines is 1. The number of halogens is 1. The van der Waals surface area contributed by atoms with Crippen molar-refractivity contribution >= 4 is 41.7 Å². The molecule has 8 nitrogen and oxygen atoms in total. The van der Waals surface area contributed by atoms with Crippen molar-refractivity contribution in [2.24, 2.45) is 0 Å². The van der Waals surface area contributed by atoms with Crippen molar-refractivity contribution in [3.05, 3.63) is 64.7 Å². The lowest BCUT2D eigenvalue weighted by molar-refractivity contribution is -0.136. The summed E-state index contributed by atoms with van der Waals surface area (Å²) in [6, 6.07) is 11.5. The summed E-state index contributed by atoms with van der Waals surface area (Å²) in [6.07, 6.45) is 0.503. The number of amides is 4. The van der Waals surface area contributed by atoms with Crippen molar-refractivity contribution < 1.29 is 19.2 Å². The van der Waals surface area contributed by atoms with Gasteiger partial charge in [0.25, 0.3) is 11.8 Å². The number of para-hydroxylation sites is 1. The van der Waals surface area contributed by atoms with Crippen LogP contribution in [0.3, 0.4) is 0 Å². The van der Waals surface area contributed by atoms with Gasteiger partial charge >= 0.3 is 0 Å². The molecule has 4 rings (SSSR count). The van der Waals surface area contributed by atoms with E-state index in [2.05, 4.69) is 10.6 Å². The molecule has 156 valence electrons. The van der Waals surface area contributed by atoms with E-state index in [0.717, 1.165) is 5.56 Å². The van der Waals surface area contributed by atoms with Gasteiger partial charge < -0.3 is 16.0 Å². The molecule has 0 aromatic heterocycles. The van der Waals surface area contributed by atoms with Gasteiger partial charge in [0.1, 0.15) is 6.04 Å². The third-order valence-corrected chi connectivity index (χ3v) is 5.28. The molecule has 1 atom stereocenters. The number of carbonyl (C=O) groups is 4. The van der Waals surface area contributed by atoms with Crippen LogP contribution in [0.25, 0.3) is 0 Å². The second-order valence-corrected chi connectivity index (χ2v) is 7.15. The van der Waals surface area contributed by atoms with Crippen molar-refractivity contribution in [2.45, 2.75) is 32.0 Å². The van der Waals surface area contributed by atoms with Crippen LogP contribution in [0.1, 0.15) is 44.7 Å². The highest BCUT2D eigenvalue weighted by atomic mass is 35.5. The highest BCUT2D eigenvalue weighted by Crippen LogP contribution is 2.28. The molecule has 1 fully saturated rings. The van der Waals surface area contributed by atoms with Crippen LogP contribution in [0.5, 0.6) is 0 Å². The Bertz CT molecular complexity index is 1040. The van der Waals surface area contributed by atoms with Gasteiger partial charge in [-0.05, 0) is 41.8 Å². The quantitative estimate of drug-likeness (QED) is 0.501. The van der Waals surface area contributed by atoms with Gasteiger partial charge in [-0.15, -0.1) is 12.4 Å². The minimum absolute atomic E-state index is 0. The number of hydrogen-bond acceptors (Lipinski definition) is 5. The van der Waals surface area contributed by atoms with Gasteiger partial charge in [0.05, 0.1) is 0 Å². The average molecular weight is 429 g/mol. The van der Waals surface area contributed by atoms with Gasteiger partial charge in [-0.25, -0.2) is 0 Å². The van der Waals surface area contributed by atoms with Crippen LogP contribution < -0.4 is 16.4 Å². The molecule has 2 aromatic carbocycles. The van der Waals surface area contributed by atoms with Gasteiger partial charge in [0, 0.05) is 36.3 Å². The molecule has 2 heterocycles. The maximum atomic E-state index is 12.7. The van der Waals surface area contributed by atoms with E-state index in [0.29, 0.717) is 35.3 Å². The molecule has 2 aliphatic rings. The zero-order valence-corrected chi connectivity index (χ0v) is 16.8. The molecular formula is C21H21ClN4O4. The molecular weight excluding hydrogens is 408 g/mol. The lowest BCUT2D eigenvalue weighted by Gasteiger charge is -2.29. The zero-order valence-electron chi connectivity index (χ0n) is 16.0. The second kappa shape index (κ2) is 8.54. The maximum absolute atomic E-state index is 12.7. The Hall–Kier alpha value is -3.39. The number of nitrogens with zero attached hydrogens (tertiary/aromatic N) is 1. The number of nitrogens with two attached hydrogens (primary N) is 1. The molecule has 30 heavy (non-hydrogen) atoms. The Balaban J connectivity index is 0.00000256. The minimum Gasteiger partial charge on any atom is -0.398 e. The standard InChI is InChI=1S/C21H20N4O4.ClH/c22-16-4-2-1-3-13(16)10-23-19(27)12-5-6-15-14(9-12)11-25(21(15)29)17-7-8-18(26)24-20(17)28;/h1-6,9,17H,7-8,10-11,22H2,(H,23,27)(H,24,26,28);1H. The zero-order chi connectivity index (χ0) is 20.5. The number of nitrogen functional groups attached to an aromatic ring is 1. The van der Waals surface area contributed by atoms with Crippen LogP contribution in [-0.2, 0) is 22.7 Å². The van der Waals surface area contributed by atoms with Crippen LogP contribution >= 0.6 is 12.4 Å². The van der Waals surface area contributed by atoms with Crippen molar-refractivity contribution in [3.63, 3.8) is 0 Å². The van der Waals surface area contributed by atoms with Crippen LogP contribution in [0.15, 0.2) is 42.5 Å². The Kier molecular flexibility index (Phi) is 6.07. The van der Waals surface area contributed by atoms with Crippen LogP contribution in [0.4, 0.5) is 5.69 Å². The third-order valence-electron chi connectivity index (χ3n) is 5.28. The van der Waals surface area contributed by atoms with Crippen molar-refractivity contribution in [2.75, 3.05) is 5.73 Å². The van der Waals surface area contributed by atoms with E-state index >= 15 is 0 Å². The van der Waals surface area contributed by atoms with E-state index in [9.17, 15) is 19.2 Å². The summed E-state index contributed by atoms with van der Waals surface area (Å²) in [4.78, 5) is 50.1. The molecule has 1 unspecified atom stereocenters. The van der Waals surface area contributed by atoms with Gasteiger partial charge in [-0.3, -0.25) is 24.5 Å². The van der Waals surface area contributed by atoms with Crippen LogP contribution in [0.2, 0.25) is 0 Å². The topological polar surface area (TPSA) is 122 Å². The number of piperidine rings is 1. The van der Waals surface area contributed by atoms with Crippen molar-refractivity contribution in [3.8, 4) is 0 Å². The first-order chi connectivity index (χ1) is 13.9. The second-order valence-electron chi connectivity index (χ2n) is 7.15. The summed E-state index contributed by atoms with van der Waals surface area (Å²) in [5, 5.41) is 5.10. The Labute approximate surface area is 179 Å². The molecule has 4 N–H and O–H groups in total. The largest absolute Gasteiger partial charge is 0.398 e. The summed E-state index contributed by atoms with van der Waals surface area (Å²) >= 11 is 0. The molecule has 0 bridgehead atoms. The fourth-order valence-corrected chi connectivity index (χ4v) is 3.69. The smallest absolute Gasteiger partial charge is 0.255 e. The first kappa shape index (κ1) is 21.3. The van der Waals surface area contributed by atoms with E-state index < -0.39 is 11.9 Å². The molecule has 2 aromatic rings. The predicted molar refractivity (Wildman–Crippen MR) is 112 cm³/mol. The number of benzene rings is 2. The number of carbonyl (C=O) groups excluding carboxylic acids is 4. The van der Waals surface area contributed by atoms with Crippen molar-refractivity contribution in [1.29, 1.82) is 0 Å². The van der Waals surface area contributed by atoms with Crippen molar-refractivity contribution in [1.82, 2.24) is 15.5 Å². The summed E-state index contributed by atoms with van der Waals surface area (Å²) in [7, 11) is 0. The Morgan fingerprint density at radius 1 is 1.17 bits per heavy atom. The Morgan fingerprint density at radius 3 is 2.67 bits per heavy atom. The molecule has 0 saturated carbocycles. The summed E-state index contributed by atoms with van der Waals surface area (Å²) in [5.74, 6) is -1.32. The maximum Gasteiger partial charge on any atom is 0.255 e. The highest BCUT2D eigenvalue weighted by molar-refractivity contribution is 6.06. The molecule has 0 aliphatic carbocycles. The lowest BCUT2D eigenvalue weighted by atomic mass is 10.0. The molecule has 9 heteroatoms. The molecule has 4 amide bonds. The number of nitrogens with one attached hydrogen (secondary N) is 2. The SMILES string of the molecule is Cl.Nc1ccccc1CNC(=O)c1ccc2c(c1)CN(C1CCC(=O)NC1=O)C2=O. The van der Waals surface area contributed by atoms with Crippen LogP contribution in [-0.4, -0.2) is 34.6 Å². The van der Waals surface area contributed by atoms with Gasteiger partial charge in [0.2, 0.25) is 11.8 Å². The lowest BCUT2D eigenvalue weighted by Crippen LogP contribution is -2.52. The monoisotopic (exact) mass is 428 g/mol. The third kappa shape index (κ3) is 3.99. The molecule has 0 radical (unpaired) electrons. The average Bonchev–Trinajstić information content (AvgIpc) is 3.03. The number of rotatable bonds is 4. The first-order valence-corrected chi connectivity index (χ1v) is 9.33.